The summed E-state index contributed by atoms with van der Waals surface area (Å²) >= 11 is 0. The second-order valence-electron chi connectivity index (χ2n) is 17.5. The van der Waals surface area contributed by atoms with Crippen molar-refractivity contribution in [1.82, 2.24) is 9.13 Å². The standard InChI is InChI=1S/C63H43N5O.Pt/c1-43-34-36-46(37-35-43)64-63(67-56-29-11-8-24-52(56)53-25-9-12-30-57(53)67)68-58-31-13-10-26-54(58)55-39-38-49(41-61(55)68)69-48-23-16-22-47(40-48)65-42-66(60-33-15-14-32-59(60)65)62-50(44-18-4-2-5-19-44)27-17-28-51(62)45-20-6-3-7-21-45;/h2-39,42,63H,1H3;/q-4;+4. The van der Waals surface area contributed by atoms with E-state index in [9.17, 15) is 0 Å². The predicted octanol–water partition coefficient (Wildman–Crippen LogP) is 17.1. The van der Waals surface area contributed by atoms with Gasteiger partial charge in [-0.25, -0.2) is 0 Å². The second kappa shape index (κ2) is 18.0. The first-order valence-electron chi connectivity index (χ1n) is 23.3. The first-order valence-corrected chi connectivity index (χ1v) is 23.3. The summed E-state index contributed by atoms with van der Waals surface area (Å²) in [6.45, 7) is 4.28. The molecular formula is C63H43N5OPt. The van der Waals surface area contributed by atoms with Gasteiger partial charge in [-0.05, 0) is 53.8 Å². The summed E-state index contributed by atoms with van der Waals surface area (Å²) in [6, 6.07) is 88.3. The van der Waals surface area contributed by atoms with Gasteiger partial charge in [0.15, 0.2) is 0 Å². The van der Waals surface area contributed by atoms with E-state index in [0.717, 1.165) is 83.5 Å². The molecule has 3 heterocycles. The maximum absolute atomic E-state index is 6.82. The number of para-hydroxylation sites is 6. The molecule has 7 heteroatoms. The molecule has 0 N–H and O–H groups in total. The molecule has 0 bridgehead atoms. The zero-order valence-electron chi connectivity index (χ0n) is 38.1. The van der Waals surface area contributed by atoms with Crippen molar-refractivity contribution in [2.45, 2.75) is 13.2 Å². The average Bonchev–Trinajstić information content (AvgIpc) is 4.07. The molecule has 1 unspecified atom stereocenters. The van der Waals surface area contributed by atoms with Crippen LogP contribution < -0.4 is 14.5 Å². The maximum atomic E-state index is 6.82. The summed E-state index contributed by atoms with van der Waals surface area (Å²) < 4.78 is 11.5. The Hall–Kier alpha value is -8.31. The Morgan fingerprint density at radius 1 is 0.443 bits per heavy atom. The van der Waals surface area contributed by atoms with Crippen LogP contribution in [0.5, 0.6) is 11.5 Å². The summed E-state index contributed by atoms with van der Waals surface area (Å²) in [5.41, 5.74) is 14.8. The van der Waals surface area contributed by atoms with Crippen LogP contribution in [0.4, 0.5) is 28.4 Å². The molecule has 13 rings (SSSR count). The molecule has 0 saturated carbocycles. The normalized spacial score (nSPS) is 12.6. The van der Waals surface area contributed by atoms with Crippen molar-refractivity contribution in [2.75, 3.05) is 9.80 Å². The summed E-state index contributed by atoms with van der Waals surface area (Å²) in [4.78, 5) is 4.52. The topological polar surface area (TPSA) is 39.7 Å². The van der Waals surface area contributed by atoms with Crippen LogP contribution >= 0.6 is 0 Å². The minimum absolute atomic E-state index is 0. The molecule has 0 amide bonds. The molecule has 2 aromatic heterocycles. The van der Waals surface area contributed by atoms with Crippen LogP contribution in [0.2, 0.25) is 0 Å². The van der Waals surface area contributed by atoms with Crippen LogP contribution in [0.15, 0.2) is 231 Å². The predicted molar refractivity (Wildman–Crippen MR) is 284 cm³/mol. The third-order valence-corrected chi connectivity index (χ3v) is 13.3. The van der Waals surface area contributed by atoms with E-state index in [2.05, 4.69) is 257 Å². The average molecular weight is 1080 g/mol. The minimum Gasteiger partial charge on any atom is -0.648 e. The number of hydrogen-bond acceptors (Lipinski definition) is 3. The van der Waals surface area contributed by atoms with Crippen LogP contribution in [0.25, 0.3) is 71.2 Å². The molecule has 1 aliphatic heterocycles. The smallest absolute Gasteiger partial charge is 0.648 e. The van der Waals surface area contributed by atoms with E-state index >= 15 is 0 Å². The number of benzene rings is 10. The number of hydrogen-bond donors (Lipinski definition) is 0. The van der Waals surface area contributed by atoms with Gasteiger partial charge in [0, 0.05) is 73.3 Å². The number of ether oxygens (including phenoxy) is 1. The number of nitrogens with zero attached hydrogens (tertiary/aromatic N) is 5. The van der Waals surface area contributed by atoms with E-state index in [1.165, 1.54) is 16.3 Å². The van der Waals surface area contributed by atoms with Crippen molar-refractivity contribution >= 4 is 72.0 Å². The molecule has 0 radical (unpaired) electrons. The van der Waals surface area contributed by atoms with Crippen LogP contribution in [0.3, 0.4) is 0 Å². The number of fused-ring (bicyclic) bond motifs is 7. The Balaban J connectivity index is 0.00000505. The van der Waals surface area contributed by atoms with Crippen LogP contribution in [-0.2, 0) is 21.1 Å². The molecule has 1 aliphatic rings. The van der Waals surface area contributed by atoms with Crippen molar-refractivity contribution < 1.29 is 25.8 Å². The van der Waals surface area contributed by atoms with Gasteiger partial charge in [0.2, 0.25) is 0 Å². The van der Waals surface area contributed by atoms with Crippen molar-refractivity contribution in [3.63, 3.8) is 0 Å². The van der Waals surface area contributed by atoms with Crippen molar-refractivity contribution in [1.29, 1.82) is 0 Å². The Bertz CT molecular complexity index is 3750. The molecule has 12 aromatic rings. The van der Waals surface area contributed by atoms with E-state index in [-0.39, 0.29) is 21.1 Å². The van der Waals surface area contributed by atoms with Gasteiger partial charge < -0.3 is 29.0 Å². The van der Waals surface area contributed by atoms with E-state index in [0.29, 0.717) is 11.5 Å². The number of rotatable bonds is 10. The summed E-state index contributed by atoms with van der Waals surface area (Å²) in [5.74, 6) is 1.15. The Labute approximate surface area is 421 Å². The minimum atomic E-state index is -0.510. The first kappa shape index (κ1) is 43.0. The van der Waals surface area contributed by atoms with Gasteiger partial charge >= 0.3 is 21.1 Å². The van der Waals surface area contributed by atoms with Gasteiger partial charge in [-0.15, -0.1) is 53.8 Å². The molecule has 0 aliphatic carbocycles. The third-order valence-electron chi connectivity index (χ3n) is 13.3. The second-order valence-corrected chi connectivity index (χ2v) is 17.5. The van der Waals surface area contributed by atoms with Gasteiger partial charge in [0.05, 0.1) is 0 Å². The number of anilines is 4. The van der Waals surface area contributed by atoms with Gasteiger partial charge in [0.1, 0.15) is 0 Å². The quantitative estimate of drug-likeness (QED) is 0.128. The molecular weight excluding hydrogens is 1040 g/mol. The largest absolute Gasteiger partial charge is 4.00 e. The van der Waals surface area contributed by atoms with Crippen molar-refractivity contribution in [2.24, 2.45) is 0 Å². The summed E-state index contributed by atoms with van der Waals surface area (Å²) in [6.07, 6.45) is -0.510. The fraction of sp³-hybridized carbons (Fsp3) is 0.0317. The van der Waals surface area contributed by atoms with Gasteiger partial charge in [-0.3, -0.25) is 0 Å². The SMILES string of the molecule is Cc1ccc([N-]C(n2c3[c-]c(Oc4[c-]c(N5[CH-]N(c6c(-c7ccccc7)cccc6-c6ccccc6)c6ccccc65)ccc4)ccc3c3ccccc32)n2c3ccccc3c3ccccc32)cc1.[Pt+4]. The van der Waals surface area contributed by atoms with Gasteiger partial charge in [-0.2, -0.15) is 12.1 Å². The van der Waals surface area contributed by atoms with E-state index in [1.807, 2.05) is 18.2 Å². The van der Waals surface area contributed by atoms with Crippen molar-refractivity contribution in [3.8, 4) is 33.8 Å². The fourth-order valence-electron chi connectivity index (χ4n) is 10.1. The number of aromatic nitrogens is 2. The van der Waals surface area contributed by atoms with Gasteiger partial charge in [0.25, 0.3) is 0 Å². The maximum Gasteiger partial charge on any atom is 4.00 e. The molecule has 0 fully saturated rings. The Kier molecular flexibility index (Phi) is 11.0. The Morgan fingerprint density at radius 2 is 0.957 bits per heavy atom. The van der Waals surface area contributed by atoms with E-state index in [4.69, 9.17) is 10.1 Å². The first-order chi connectivity index (χ1) is 34.1. The van der Waals surface area contributed by atoms with Crippen molar-refractivity contribution in [3.05, 3.63) is 260 Å². The summed E-state index contributed by atoms with van der Waals surface area (Å²) in [7, 11) is 0. The van der Waals surface area contributed by atoms with Crippen LogP contribution in [0, 0.1) is 25.7 Å². The number of aryl methyl sites for hydroxylation is 1. The van der Waals surface area contributed by atoms with Gasteiger partial charge in [-0.1, -0.05) is 181 Å². The molecule has 336 valence electrons. The van der Waals surface area contributed by atoms with Crippen LogP contribution in [0.1, 0.15) is 11.9 Å². The Morgan fingerprint density at radius 3 is 1.59 bits per heavy atom. The zero-order chi connectivity index (χ0) is 45.8. The molecule has 10 aromatic carbocycles. The third kappa shape index (κ3) is 7.40. The van der Waals surface area contributed by atoms with Crippen LogP contribution in [-0.4, -0.2) is 9.13 Å². The zero-order valence-corrected chi connectivity index (χ0v) is 40.3. The fourth-order valence-corrected chi connectivity index (χ4v) is 10.1. The van der Waals surface area contributed by atoms with E-state index in [1.54, 1.807) is 0 Å². The monoisotopic (exact) mass is 1080 g/mol. The molecule has 6 nitrogen and oxygen atoms in total. The molecule has 1 atom stereocenters. The molecule has 0 saturated heterocycles. The molecule has 0 spiro atoms. The molecule has 70 heavy (non-hydrogen) atoms. The van der Waals surface area contributed by atoms with E-state index < -0.39 is 6.29 Å². The summed E-state index contributed by atoms with van der Waals surface area (Å²) in [5, 5.41) is 10.1.